The van der Waals surface area contributed by atoms with Crippen molar-refractivity contribution >= 4 is 23.8 Å². The van der Waals surface area contributed by atoms with Gasteiger partial charge in [0.25, 0.3) is 11.8 Å². The Kier molecular flexibility index (Phi) is 4.99. The topological polar surface area (TPSA) is 104 Å². The Morgan fingerprint density at radius 2 is 1.59 bits per heavy atom. The number of carbonyl (C=O) groups excluding carboxylic acids is 3. The zero-order valence-electron chi connectivity index (χ0n) is 12.5. The molecule has 122 valence electrons. The molecule has 0 bridgehead atoms. The van der Waals surface area contributed by atoms with Crippen LogP contribution in [0.5, 0.6) is 0 Å². The average molecular weight is 312 g/mol. The van der Waals surface area contributed by atoms with Gasteiger partial charge >= 0.3 is 11.9 Å². The van der Waals surface area contributed by atoms with Gasteiger partial charge in [0, 0.05) is 13.1 Å². The third-order valence-electron chi connectivity index (χ3n) is 3.99. The Bertz CT molecular complexity index is 492. The number of esters is 1. The molecule has 2 amide bonds. The molecule has 2 fully saturated rings. The second-order valence-electron chi connectivity index (χ2n) is 5.40. The number of aliphatic carboxylic acids is 1. The van der Waals surface area contributed by atoms with E-state index in [0.717, 1.165) is 0 Å². The van der Waals surface area contributed by atoms with E-state index < -0.39 is 35.6 Å². The molecule has 0 aromatic heterocycles. The number of hydrazine groups is 1. The number of carboxylic acid groups (broad SMARTS) is 1. The van der Waals surface area contributed by atoms with Crippen molar-refractivity contribution in [1.29, 1.82) is 0 Å². The first kappa shape index (κ1) is 16.3. The zero-order chi connectivity index (χ0) is 16.3. The number of nitrogens with zero attached hydrogens (tertiary/aromatic N) is 2. The van der Waals surface area contributed by atoms with Gasteiger partial charge in [-0.2, -0.15) is 0 Å². The molecule has 0 spiro atoms. The molecule has 0 aliphatic carbocycles. The van der Waals surface area contributed by atoms with Gasteiger partial charge in [-0.1, -0.05) is 0 Å². The van der Waals surface area contributed by atoms with Gasteiger partial charge in [-0.25, -0.2) is 0 Å². The second-order valence-corrected chi connectivity index (χ2v) is 5.40. The van der Waals surface area contributed by atoms with Crippen LogP contribution >= 0.6 is 0 Å². The van der Waals surface area contributed by atoms with Gasteiger partial charge < -0.3 is 9.84 Å². The van der Waals surface area contributed by atoms with Crippen LogP contribution < -0.4 is 0 Å². The minimum Gasteiger partial charge on any atom is -0.481 e. The molecule has 2 rings (SSSR count). The maximum Gasteiger partial charge on any atom is 0.318 e. The molecule has 0 radical (unpaired) electrons. The second kappa shape index (κ2) is 6.76. The van der Waals surface area contributed by atoms with E-state index in [-0.39, 0.29) is 13.0 Å². The molecule has 0 aromatic rings. The van der Waals surface area contributed by atoms with E-state index in [0.29, 0.717) is 32.4 Å². The van der Waals surface area contributed by atoms with Gasteiger partial charge in [-0.3, -0.25) is 29.2 Å². The number of carboxylic acids is 1. The summed E-state index contributed by atoms with van der Waals surface area (Å²) < 4.78 is 4.89. The highest BCUT2D eigenvalue weighted by Gasteiger charge is 2.43. The van der Waals surface area contributed by atoms with Crippen LogP contribution in [0.2, 0.25) is 0 Å². The summed E-state index contributed by atoms with van der Waals surface area (Å²) >= 11 is 0. The molecule has 22 heavy (non-hydrogen) atoms. The summed E-state index contributed by atoms with van der Waals surface area (Å²) in [6.45, 7) is 2.46. The van der Waals surface area contributed by atoms with Crippen molar-refractivity contribution in [3.8, 4) is 0 Å². The number of rotatable bonds is 4. The van der Waals surface area contributed by atoms with Crippen LogP contribution in [0, 0.1) is 11.8 Å². The van der Waals surface area contributed by atoms with E-state index in [2.05, 4.69) is 0 Å². The summed E-state index contributed by atoms with van der Waals surface area (Å²) in [5.74, 6) is -4.87. The molecule has 0 aromatic carbocycles. The fourth-order valence-corrected chi connectivity index (χ4v) is 2.89. The van der Waals surface area contributed by atoms with E-state index in [4.69, 9.17) is 9.84 Å². The Balaban J connectivity index is 2.13. The van der Waals surface area contributed by atoms with Crippen LogP contribution in [0.4, 0.5) is 0 Å². The number of carbonyl (C=O) groups is 4. The van der Waals surface area contributed by atoms with Crippen LogP contribution in [-0.4, -0.2) is 58.6 Å². The van der Waals surface area contributed by atoms with Crippen molar-refractivity contribution in [3.05, 3.63) is 0 Å². The average Bonchev–Trinajstić information content (AvgIpc) is 2.48. The van der Waals surface area contributed by atoms with Crippen molar-refractivity contribution in [3.63, 3.8) is 0 Å². The molecule has 1 N–H and O–H groups in total. The molecule has 8 nitrogen and oxygen atoms in total. The number of amides is 2. The summed E-state index contributed by atoms with van der Waals surface area (Å²) in [6, 6.07) is 0. The normalized spacial score (nSPS) is 26.0. The van der Waals surface area contributed by atoms with Gasteiger partial charge in [-0.05, 0) is 32.6 Å². The summed E-state index contributed by atoms with van der Waals surface area (Å²) in [5.41, 5.74) is 0. The van der Waals surface area contributed by atoms with E-state index >= 15 is 0 Å². The lowest BCUT2D eigenvalue weighted by molar-refractivity contribution is -0.183. The van der Waals surface area contributed by atoms with Gasteiger partial charge in [0.1, 0.15) is 11.8 Å². The first-order valence-corrected chi connectivity index (χ1v) is 7.49. The fourth-order valence-electron chi connectivity index (χ4n) is 2.89. The van der Waals surface area contributed by atoms with Crippen LogP contribution in [0.1, 0.15) is 32.6 Å². The molecule has 2 atom stereocenters. The first-order valence-electron chi connectivity index (χ1n) is 7.49. The van der Waals surface area contributed by atoms with Crippen molar-refractivity contribution in [2.45, 2.75) is 32.6 Å². The third-order valence-corrected chi connectivity index (χ3v) is 3.99. The van der Waals surface area contributed by atoms with E-state index in [1.165, 1.54) is 10.0 Å². The molecule has 2 unspecified atom stereocenters. The maximum absolute atomic E-state index is 12.4. The largest absolute Gasteiger partial charge is 0.481 e. The maximum atomic E-state index is 12.4. The van der Waals surface area contributed by atoms with Crippen molar-refractivity contribution in [2.75, 3.05) is 19.7 Å². The number of ether oxygens (including phenoxy) is 1. The predicted octanol–water partition coefficient (Wildman–Crippen LogP) is 0.0263. The van der Waals surface area contributed by atoms with Gasteiger partial charge in [0.15, 0.2) is 0 Å². The standard InChI is InChI=1S/C14H20N2O6/c1-2-22-14(21)10-6-4-8-16(12(10)18)15-7-3-5-9(11(15)17)13(19)20/h9-10H,2-8H2,1H3,(H,19,20). The van der Waals surface area contributed by atoms with Crippen LogP contribution in [0.25, 0.3) is 0 Å². The summed E-state index contributed by atoms with van der Waals surface area (Å²) in [6.07, 6.45) is 1.74. The Morgan fingerprint density at radius 3 is 2.09 bits per heavy atom. The SMILES string of the molecule is CCOC(=O)C1CCCN(N2CCCC(C(=O)O)C2=O)C1=O. The highest BCUT2D eigenvalue weighted by molar-refractivity contribution is 6.01. The lowest BCUT2D eigenvalue weighted by Crippen LogP contribution is -2.59. The Labute approximate surface area is 128 Å². The smallest absolute Gasteiger partial charge is 0.318 e. The molecule has 8 heteroatoms. The number of piperidine rings is 2. The summed E-state index contributed by atoms with van der Waals surface area (Å²) in [7, 11) is 0. The van der Waals surface area contributed by atoms with E-state index in [1.54, 1.807) is 6.92 Å². The highest BCUT2D eigenvalue weighted by Crippen LogP contribution is 2.26. The number of hydrogen-bond acceptors (Lipinski definition) is 5. The molecular formula is C14H20N2O6. The molecule has 2 heterocycles. The van der Waals surface area contributed by atoms with Crippen molar-refractivity contribution in [2.24, 2.45) is 11.8 Å². The highest BCUT2D eigenvalue weighted by atomic mass is 16.5. The zero-order valence-corrected chi connectivity index (χ0v) is 12.5. The number of hydrogen-bond donors (Lipinski definition) is 1. The monoisotopic (exact) mass is 312 g/mol. The van der Waals surface area contributed by atoms with Gasteiger partial charge in [-0.15, -0.1) is 0 Å². The van der Waals surface area contributed by atoms with Crippen LogP contribution in [0.15, 0.2) is 0 Å². The molecule has 2 aliphatic heterocycles. The van der Waals surface area contributed by atoms with Crippen LogP contribution in [0.3, 0.4) is 0 Å². The van der Waals surface area contributed by atoms with E-state index in [1.807, 2.05) is 0 Å². The van der Waals surface area contributed by atoms with Crippen molar-refractivity contribution < 1.29 is 29.0 Å². The fraction of sp³-hybridized carbons (Fsp3) is 0.714. The quantitative estimate of drug-likeness (QED) is 0.580. The van der Waals surface area contributed by atoms with Gasteiger partial charge in [0.2, 0.25) is 0 Å². The summed E-state index contributed by atoms with van der Waals surface area (Å²) in [5, 5.41) is 11.5. The first-order chi connectivity index (χ1) is 10.5. The molecule has 2 aliphatic rings. The van der Waals surface area contributed by atoms with E-state index in [9.17, 15) is 19.2 Å². The van der Waals surface area contributed by atoms with Crippen LogP contribution in [-0.2, 0) is 23.9 Å². The van der Waals surface area contributed by atoms with Crippen molar-refractivity contribution in [1.82, 2.24) is 10.0 Å². The molecule has 2 saturated heterocycles. The minimum atomic E-state index is -1.18. The van der Waals surface area contributed by atoms with Gasteiger partial charge in [0.05, 0.1) is 6.61 Å². The Morgan fingerprint density at radius 1 is 1.09 bits per heavy atom. The lowest BCUT2D eigenvalue weighted by atomic mass is 9.96. The predicted molar refractivity (Wildman–Crippen MR) is 73.1 cm³/mol. The minimum absolute atomic E-state index is 0.187. The molecular weight excluding hydrogens is 292 g/mol. The third kappa shape index (κ3) is 3.05. The lowest BCUT2D eigenvalue weighted by Gasteiger charge is -2.42. The summed E-state index contributed by atoms with van der Waals surface area (Å²) in [4.78, 5) is 47.6. The Hall–Kier alpha value is -2.12. The molecule has 0 saturated carbocycles.